The standard InChI is InChI=1S/C16H21BrFN3/c1-4-9-19-14(12-7-5-6-8-13(12)18)10-15-16(17)11(2)20-21(15)3/h5-8,14,19H,4,9-10H2,1-3H3. The molecule has 114 valence electrons. The predicted molar refractivity (Wildman–Crippen MR) is 86.8 cm³/mol. The lowest BCUT2D eigenvalue weighted by Crippen LogP contribution is -2.26. The van der Waals surface area contributed by atoms with Gasteiger partial charge >= 0.3 is 0 Å². The lowest BCUT2D eigenvalue weighted by atomic mass is 10.0. The second-order valence-corrected chi connectivity index (χ2v) is 6.00. The van der Waals surface area contributed by atoms with Gasteiger partial charge in [-0.15, -0.1) is 0 Å². The van der Waals surface area contributed by atoms with Gasteiger partial charge in [-0.25, -0.2) is 4.39 Å². The lowest BCUT2D eigenvalue weighted by Gasteiger charge is -2.20. The molecule has 0 spiro atoms. The van der Waals surface area contributed by atoms with Gasteiger partial charge < -0.3 is 5.32 Å². The molecule has 0 saturated carbocycles. The molecule has 21 heavy (non-hydrogen) atoms. The molecule has 5 heteroatoms. The summed E-state index contributed by atoms with van der Waals surface area (Å²) < 4.78 is 17.0. The van der Waals surface area contributed by atoms with E-state index in [1.807, 2.05) is 30.8 Å². The van der Waals surface area contributed by atoms with Crippen molar-refractivity contribution in [2.75, 3.05) is 6.54 Å². The quantitative estimate of drug-likeness (QED) is 0.852. The topological polar surface area (TPSA) is 29.9 Å². The van der Waals surface area contributed by atoms with Crippen LogP contribution in [-0.2, 0) is 13.5 Å². The minimum absolute atomic E-state index is 0.0581. The Morgan fingerprint density at radius 2 is 2.10 bits per heavy atom. The van der Waals surface area contributed by atoms with Crippen LogP contribution >= 0.6 is 15.9 Å². The van der Waals surface area contributed by atoms with E-state index in [1.165, 1.54) is 6.07 Å². The molecule has 3 nitrogen and oxygen atoms in total. The SMILES string of the molecule is CCCNC(Cc1c(Br)c(C)nn1C)c1ccccc1F. The monoisotopic (exact) mass is 353 g/mol. The van der Waals surface area contributed by atoms with Crippen LogP contribution in [0.2, 0.25) is 0 Å². The zero-order chi connectivity index (χ0) is 15.4. The Hall–Kier alpha value is -1.20. The van der Waals surface area contributed by atoms with E-state index in [0.29, 0.717) is 12.0 Å². The van der Waals surface area contributed by atoms with Gasteiger partial charge in [-0.05, 0) is 41.9 Å². The molecule has 1 heterocycles. The van der Waals surface area contributed by atoms with E-state index < -0.39 is 0 Å². The smallest absolute Gasteiger partial charge is 0.127 e. The normalized spacial score (nSPS) is 12.6. The van der Waals surface area contributed by atoms with Gasteiger partial charge in [0.05, 0.1) is 15.9 Å². The average Bonchev–Trinajstić information content (AvgIpc) is 2.70. The van der Waals surface area contributed by atoms with Crippen LogP contribution < -0.4 is 5.32 Å². The molecule has 0 radical (unpaired) electrons. The summed E-state index contributed by atoms with van der Waals surface area (Å²) in [6.07, 6.45) is 1.70. The van der Waals surface area contributed by atoms with Crippen LogP contribution in [0, 0.1) is 12.7 Å². The molecule has 0 fully saturated rings. The average molecular weight is 354 g/mol. The fourth-order valence-electron chi connectivity index (χ4n) is 2.46. The summed E-state index contributed by atoms with van der Waals surface area (Å²) in [5, 5.41) is 7.85. The summed E-state index contributed by atoms with van der Waals surface area (Å²) in [5.74, 6) is -0.166. The van der Waals surface area contributed by atoms with Crippen LogP contribution in [0.3, 0.4) is 0 Å². The maximum absolute atomic E-state index is 14.1. The highest BCUT2D eigenvalue weighted by atomic mass is 79.9. The van der Waals surface area contributed by atoms with E-state index >= 15 is 0 Å². The van der Waals surface area contributed by atoms with Gasteiger partial charge in [0.2, 0.25) is 0 Å². The number of hydrogen-bond donors (Lipinski definition) is 1. The fourth-order valence-corrected chi connectivity index (χ4v) is 2.96. The second kappa shape index (κ2) is 7.18. The molecule has 1 aromatic heterocycles. The fraction of sp³-hybridized carbons (Fsp3) is 0.438. The maximum Gasteiger partial charge on any atom is 0.127 e. The molecule has 0 aliphatic heterocycles. The van der Waals surface area contributed by atoms with Crippen LogP contribution in [0.25, 0.3) is 0 Å². The number of halogens is 2. The number of nitrogens with one attached hydrogen (secondary N) is 1. The molecular formula is C16H21BrFN3. The molecule has 2 aromatic rings. The van der Waals surface area contributed by atoms with Crippen LogP contribution in [0.4, 0.5) is 4.39 Å². The van der Waals surface area contributed by atoms with Crippen LogP contribution in [0.15, 0.2) is 28.7 Å². The van der Waals surface area contributed by atoms with Crippen molar-refractivity contribution in [3.05, 3.63) is 51.5 Å². The molecule has 1 aromatic carbocycles. The zero-order valence-corrected chi connectivity index (χ0v) is 14.2. The summed E-state index contributed by atoms with van der Waals surface area (Å²) in [5.41, 5.74) is 2.73. The third-order valence-electron chi connectivity index (χ3n) is 3.58. The van der Waals surface area contributed by atoms with Crippen molar-refractivity contribution in [1.29, 1.82) is 0 Å². The molecule has 0 amide bonds. The Morgan fingerprint density at radius 1 is 1.38 bits per heavy atom. The highest BCUT2D eigenvalue weighted by molar-refractivity contribution is 9.10. The number of hydrogen-bond acceptors (Lipinski definition) is 2. The largest absolute Gasteiger partial charge is 0.310 e. The zero-order valence-electron chi connectivity index (χ0n) is 12.7. The van der Waals surface area contributed by atoms with Crippen molar-refractivity contribution in [2.45, 2.75) is 32.7 Å². The number of aryl methyl sites for hydroxylation is 2. The maximum atomic E-state index is 14.1. The van der Waals surface area contributed by atoms with Gasteiger partial charge in [-0.2, -0.15) is 5.10 Å². The van der Waals surface area contributed by atoms with E-state index in [4.69, 9.17) is 0 Å². The first-order chi connectivity index (χ1) is 10.0. The molecule has 0 aliphatic carbocycles. The summed E-state index contributed by atoms with van der Waals surface area (Å²) in [6, 6.07) is 6.90. The Kier molecular flexibility index (Phi) is 5.53. The van der Waals surface area contributed by atoms with Crippen molar-refractivity contribution in [3.8, 4) is 0 Å². The van der Waals surface area contributed by atoms with E-state index in [0.717, 1.165) is 28.8 Å². The van der Waals surface area contributed by atoms with Gasteiger partial charge in [0.15, 0.2) is 0 Å². The molecule has 1 N–H and O–H groups in total. The van der Waals surface area contributed by atoms with Crippen molar-refractivity contribution >= 4 is 15.9 Å². The lowest BCUT2D eigenvalue weighted by molar-refractivity contribution is 0.484. The first-order valence-corrected chi connectivity index (χ1v) is 7.99. The van der Waals surface area contributed by atoms with Crippen molar-refractivity contribution < 1.29 is 4.39 Å². The van der Waals surface area contributed by atoms with E-state index in [1.54, 1.807) is 6.07 Å². The Morgan fingerprint density at radius 3 is 2.67 bits per heavy atom. The Bertz CT molecular complexity index is 610. The van der Waals surface area contributed by atoms with Crippen LogP contribution in [0.5, 0.6) is 0 Å². The predicted octanol–water partition coefficient (Wildman–Crippen LogP) is 3.91. The van der Waals surface area contributed by atoms with Crippen molar-refractivity contribution in [2.24, 2.45) is 7.05 Å². The van der Waals surface area contributed by atoms with E-state index in [9.17, 15) is 4.39 Å². The van der Waals surface area contributed by atoms with E-state index in [-0.39, 0.29) is 11.9 Å². The van der Waals surface area contributed by atoms with Gasteiger partial charge in [0.25, 0.3) is 0 Å². The first-order valence-electron chi connectivity index (χ1n) is 7.20. The van der Waals surface area contributed by atoms with Crippen molar-refractivity contribution in [1.82, 2.24) is 15.1 Å². The van der Waals surface area contributed by atoms with Gasteiger partial charge in [0.1, 0.15) is 5.82 Å². The molecule has 1 unspecified atom stereocenters. The number of benzene rings is 1. The van der Waals surface area contributed by atoms with Gasteiger partial charge in [-0.3, -0.25) is 4.68 Å². The summed E-state index contributed by atoms with van der Waals surface area (Å²) in [6.45, 7) is 4.92. The number of aromatic nitrogens is 2. The minimum Gasteiger partial charge on any atom is -0.310 e. The highest BCUT2D eigenvalue weighted by Gasteiger charge is 2.20. The van der Waals surface area contributed by atoms with Gasteiger partial charge in [-0.1, -0.05) is 25.1 Å². The number of nitrogens with zero attached hydrogens (tertiary/aromatic N) is 2. The molecular weight excluding hydrogens is 333 g/mol. The molecule has 2 rings (SSSR count). The third-order valence-corrected chi connectivity index (χ3v) is 4.61. The summed E-state index contributed by atoms with van der Waals surface area (Å²) >= 11 is 3.58. The first kappa shape index (κ1) is 16.2. The van der Waals surface area contributed by atoms with Crippen LogP contribution in [0.1, 0.15) is 36.3 Å². The molecule has 0 aliphatic rings. The minimum atomic E-state index is -0.166. The van der Waals surface area contributed by atoms with Crippen LogP contribution in [-0.4, -0.2) is 16.3 Å². The summed E-state index contributed by atoms with van der Waals surface area (Å²) in [7, 11) is 1.92. The summed E-state index contributed by atoms with van der Waals surface area (Å²) in [4.78, 5) is 0. The van der Waals surface area contributed by atoms with Crippen molar-refractivity contribution in [3.63, 3.8) is 0 Å². The Balaban J connectivity index is 2.31. The molecule has 0 saturated heterocycles. The second-order valence-electron chi connectivity index (χ2n) is 5.20. The molecule has 1 atom stereocenters. The van der Waals surface area contributed by atoms with Gasteiger partial charge in [0, 0.05) is 25.1 Å². The van der Waals surface area contributed by atoms with E-state index in [2.05, 4.69) is 33.3 Å². The number of rotatable bonds is 6. The third kappa shape index (κ3) is 3.71. The Labute approximate surface area is 133 Å². The highest BCUT2D eigenvalue weighted by Crippen LogP contribution is 2.27. The molecule has 0 bridgehead atoms.